The van der Waals surface area contributed by atoms with Crippen molar-refractivity contribution in [3.8, 4) is 0 Å². The molecule has 7 heteroatoms. The first kappa shape index (κ1) is 18.4. The van der Waals surface area contributed by atoms with Crippen molar-refractivity contribution in [1.82, 2.24) is 15.1 Å². The second kappa shape index (κ2) is 8.31. The first-order valence-electron chi connectivity index (χ1n) is 9.21. The summed E-state index contributed by atoms with van der Waals surface area (Å²) >= 11 is 0. The SMILES string of the molecule is CC(C)CC(=O)N1CCC(Nc2nnc([C@H](N)c3ccccc3)o2)CC1. The first-order valence-corrected chi connectivity index (χ1v) is 9.21. The van der Waals surface area contributed by atoms with Crippen molar-refractivity contribution in [2.45, 2.75) is 45.2 Å². The van der Waals surface area contributed by atoms with Crippen LogP contribution in [0.15, 0.2) is 34.7 Å². The zero-order chi connectivity index (χ0) is 18.5. The van der Waals surface area contributed by atoms with E-state index in [0.717, 1.165) is 31.5 Å². The smallest absolute Gasteiger partial charge is 0.315 e. The minimum absolute atomic E-state index is 0.222. The number of carbonyl (C=O) groups is 1. The molecule has 1 fully saturated rings. The summed E-state index contributed by atoms with van der Waals surface area (Å²) in [5.41, 5.74) is 7.12. The Kier molecular flexibility index (Phi) is 5.88. The van der Waals surface area contributed by atoms with E-state index >= 15 is 0 Å². The lowest BCUT2D eigenvalue weighted by atomic mass is 10.0. The van der Waals surface area contributed by atoms with Gasteiger partial charge in [0.25, 0.3) is 0 Å². The second-order valence-corrected chi connectivity index (χ2v) is 7.23. The maximum Gasteiger partial charge on any atom is 0.315 e. The van der Waals surface area contributed by atoms with Gasteiger partial charge in [-0.15, -0.1) is 5.10 Å². The first-order chi connectivity index (χ1) is 12.5. The quantitative estimate of drug-likeness (QED) is 0.825. The summed E-state index contributed by atoms with van der Waals surface area (Å²) in [6.07, 6.45) is 2.35. The number of likely N-dealkylation sites (tertiary alicyclic amines) is 1. The van der Waals surface area contributed by atoms with Gasteiger partial charge in [-0.2, -0.15) is 0 Å². The Morgan fingerprint density at radius 1 is 1.27 bits per heavy atom. The number of rotatable bonds is 6. The standard InChI is InChI=1S/C19H27N5O2/c1-13(2)12-16(25)24-10-8-15(9-11-24)21-19-23-22-18(26-19)17(20)14-6-4-3-5-7-14/h3-7,13,15,17H,8-12,20H2,1-2H3,(H,21,23)/t17-/m1/s1. The Hall–Kier alpha value is -2.41. The molecule has 1 saturated heterocycles. The maximum atomic E-state index is 12.1. The van der Waals surface area contributed by atoms with Crippen molar-refractivity contribution in [3.05, 3.63) is 41.8 Å². The van der Waals surface area contributed by atoms with Crippen LogP contribution in [0.5, 0.6) is 0 Å². The maximum absolute atomic E-state index is 12.1. The van der Waals surface area contributed by atoms with Gasteiger partial charge in [0.15, 0.2) is 0 Å². The highest BCUT2D eigenvalue weighted by Gasteiger charge is 2.24. The van der Waals surface area contributed by atoms with Gasteiger partial charge in [-0.1, -0.05) is 49.3 Å². The van der Waals surface area contributed by atoms with Crippen LogP contribution in [0.1, 0.15) is 50.6 Å². The monoisotopic (exact) mass is 357 g/mol. The van der Waals surface area contributed by atoms with Crippen LogP contribution in [0.2, 0.25) is 0 Å². The lowest BCUT2D eigenvalue weighted by molar-refractivity contribution is -0.132. The average Bonchev–Trinajstić information content (AvgIpc) is 3.10. The number of nitrogens with two attached hydrogens (primary N) is 1. The zero-order valence-corrected chi connectivity index (χ0v) is 15.4. The molecule has 0 radical (unpaired) electrons. The number of nitrogens with zero attached hydrogens (tertiary/aromatic N) is 3. The van der Waals surface area contributed by atoms with E-state index in [2.05, 4.69) is 29.4 Å². The van der Waals surface area contributed by atoms with E-state index in [0.29, 0.717) is 24.2 Å². The summed E-state index contributed by atoms with van der Waals surface area (Å²) < 4.78 is 5.69. The van der Waals surface area contributed by atoms with E-state index in [1.165, 1.54) is 0 Å². The van der Waals surface area contributed by atoms with Gasteiger partial charge in [0.1, 0.15) is 6.04 Å². The molecule has 0 bridgehead atoms. The van der Waals surface area contributed by atoms with Crippen LogP contribution >= 0.6 is 0 Å². The fourth-order valence-electron chi connectivity index (χ4n) is 3.15. The molecule has 0 aliphatic carbocycles. The number of benzene rings is 1. The minimum atomic E-state index is -0.435. The number of carbonyl (C=O) groups excluding carboxylic acids is 1. The van der Waals surface area contributed by atoms with Crippen LogP contribution in [-0.2, 0) is 4.79 Å². The molecule has 1 atom stereocenters. The van der Waals surface area contributed by atoms with Gasteiger partial charge >= 0.3 is 6.01 Å². The fraction of sp³-hybridized carbons (Fsp3) is 0.526. The normalized spacial score (nSPS) is 16.7. The van der Waals surface area contributed by atoms with Gasteiger partial charge in [-0.05, 0) is 24.3 Å². The number of hydrogen-bond donors (Lipinski definition) is 2. The van der Waals surface area contributed by atoms with Crippen LogP contribution in [0.4, 0.5) is 6.01 Å². The third-order valence-corrected chi connectivity index (χ3v) is 4.62. The fourth-order valence-corrected chi connectivity index (χ4v) is 3.15. The van der Waals surface area contributed by atoms with Crippen molar-refractivity contribution in [2.24, 2.45) is 11.7 Å². The molecule has 1 aromatic heterocycles. The number of amides is 1. The molecule has 26 heavy (non-hydrogen) atoms. The topological polar surface area (TPSA) is 97.3 Å². The summed E-state index contributed by atoms with van der Waals surface area (Å²) in [7, 11) is 0. The largest absolute Gasteiger partial charge is 0.406 e. The van der Waals surface area contributed by atoms with Crippen LogP contribution in [-0.4, -0.2) is 40.1 Å². The van der Waals surface area contributed by atoms with Crippen molar-refractivity contribution in [3.63, 3.8) is 0 Å². The van der Waals surface area contributed by atoms with E-state index < -0.39 is 6.04 Å². The highest BCUT2D eigenvalue weighted by atomic mass is 16.4. The lowest BCUT2D eigenvalue weighted by Crippen LogP contribution is -2.42. The summed E-state index contributed by atoms with van der Waals surface area (Å²) in [5, 5.41) is 11.4. The molecular formula is C19H27N5O2. The molecule has 7 nitrogen and oxygen atoms in total. The Labute approximate surface area is 154 Å². The van der Waals surface area contributed by atoms with E-state index in [1.807, 2.05) is 35.2 Å². The molecule has 0 unspecified atom stereocenters. The summed E-state index contributed by atoms with van der Waals surface area (Å²) in [5.74, 6) is 1.03. The van der Waals surface area contributed by atoms with Crippen LogP contribution in [0.25, 0.3) is 0 Å². The number of nitrogens with one attached hydrogen (secondary N) is 1. The zero-order valence-electron chi connectivity index (χ0n) is 15.4. The number of aromatic nitrogens is 2. The Bertz CT molecular complexity index is 708. The second-order valence-electron chi connectivity index (χ2n) is 7.23. The molecule has 0 saturated carbocycles. The number of piperidine rings is 1. The highest BCUT2D eigenvalue weighted by molar-refractivity contribution is 5.76. The van der Waals surface area contributed by atoms with Crippen molar-refractivity contribution in [2.75, 3.05) is 18.4 Å². The van der Waals surface area contributed by atoms with Crippen LogP contribution in [0.3, 0.4) is 0 Å². The average molecular weight is 357 g/mol. The van der Waals surface area contributed by atoms with Gasteiger partial charge in [0.05, 0.1) is 0 Å². The Morgan fingerprint density at radius 3 is 2.62 bits per heavy atom. The van der Waals surface area contributed by atoms with Crippen LogP contribution < -0.4 is 11.1 Å². The Morgan fingerprint density at radius 2 is 1.96 bits per heavy atom. The molecule has 3 rings (SSSR count). The van der Waals surface area contributed by atoms with Gasteiger partial charge in [-0.3, -0.25) is 4.79 Å². The summed E-state index contributed by atoms with van der Waals surface area (Å²) in [6.45, 7) is 5.65. The molecule has 140 valence electrons. The third-order valence-electron chi connectivity index (χ3n) is 4.62. The van der Waals surface area contributed by atoms with E-state index in [4.69, 9.17) is 10.2 Å². The van der Waals surface area contributed by atoms with Crippen molar-refractivity contribution >= 4 is 11.9 Å². The molecule has 1 amide bonds. The number of anilines is 1. The van der Waals surface area contributed by atoms with Gasteiger partial charge in [-0.25, -0.2) is 0 Å². The predicted molar refractivity (Wildman–Crippen MR) is 99.5 cm³/mol. The van der Waals surface area contributed by atoms with Gasteiger partial charge in [0, 0.05) is 25.6 Å². The van der Waals surface area contributed by atoms with Crippen molar-refractivity contribution < 1.29 is 9.21 Å². The molecule has 2 heterocycles. The molecule has 1 aromatic carbocycles. The van der Waals surface area contributed by atoms with E-state index in [1.54, 1.807) is 0 Å². The highest BCUT2D eigenvalue weighted by Crippen LogP contribution is 2.22. The van der Waals surface area contributed by atoms with Crippen molar-refractivity contribution in [1.29, 1.82) is 0 Å². The minimum Gasteiger partial charge on any atom is -0.406 e. The summed E-state index contributed by atoms with van der Waals surface area (Å²) in [4.78, 5) is 14.1. The molecule has 3 N–H and O–H groups in total. The van der Waals surface area contributed by atoms with E-state index in [9.17, 15) is 4.79 Å². The van der Waals surface area contributed by atoms with Gasteiger partial charge in [0.2, 0.25) is 11.8 Å². The van der Waals surface area contributed by atoms with Crippen LogP contribution in [0, 0.1) is 5.92 Å². The van der Waals surface area contributed by atoms with Gasteiger partial charge < -0.3 is 20.4 Å². The third kappa shape index (κ3) is 4.60. The summed E-state index contributed by atoms with van der Waals surface area (Å²) in [6, 6.07) is 9.85. The van der Waals surface area contributed by atoms with E-state index in [-0.39, 0.29) is 11.9 Å². The lowest BCUT2D eigenvalue weighted by Gasteiger charge is -2.32. The number of hydrogen-bond acceptors (Lipinski definition) is 6. The Balaban J connectivity index is 1.52. The molecule has 0 spiro atoms. The molecule has 1 aliphatic rings. The molecular weight excluding hydrogens is 330 g/mol. The molecule has 1 aliphatic heterocycles. The molecule has 2 aromatic rings. The predicted octanol–water partition coefficient (Wildman–Crippen LogP) is 2.57.